The first-order valence-corrected chi connectivity index (χ1v) is 34.1. The van der Waals surface area contributed by atoms with Gasteiger partial charge >= 0.3 is 0 Å². The first-order valence-electron chi connectivity index (χ1n) is 22.0. The van der Waals surface area contributed by atoms with Gasteiger partial charge in [0.2, 0.25) is 0 Å². The molecule has 338 valence electrons. The van der Waals surface area contributed by atoms with Crippen molar-refractivity contribution in [3.8, 4) is 0 Å². The Morgan fingerprint density at radius 2 is 1.50 bits per heavy atom. The third-order valence-corrected chi connectivity index (χ3v) is 18.0. The molecule has 60 heavy (non-hydrogen) atoms. The summed E-state index contributed by atoms with van der Waals surface area (Å²) >= 11 is 0. The summed E-state index contributed by atoms with van der Waals surface area (Å²) in [7, 11) is 12.8. The van der Waals surface area contributed by atoms with Crippen molar-refractivity contribution in [3.63, 3.8) is 0 Å². The molecule has 7 aliphatic heterocycles. The zero-order valence-corrected chi connectivity index (χ0v) is 44.1. The quantitative estimate of drug-likeness (QED) is 0.164. The van der Waals surface area contributed by atoms with Gasteiger partial charge in [-0.05, 0) is 92.0 Å². The van der Waals surface area contributed by atoms with Crippen LogP contribution in [-0.2, 0) is 47.1 Å². The van der Waals surface area contributed by atoms with E-state index in [0.717, 1.165) is 51.5 Å². The largest absolute Gasteiger partial charge is 0.374 e. The summed E-state index contributed by atoms with van der Waals surface area (Å²) in [6.45, 7) is 15.8. The molecular weight excluding hydrogens is 912 g/mol. The van der Waals surface area contributed by atoms with E-state index in [1.54, 1.807) is 6.08 Å². The van der Waals surface area contributed by atoms with Gasteiger partial charge in [0.1, 0.15) is 36.3 Å². The van der Waals surface area contributed by atoms with E-state index in [0.29, 0.717) is 43.9 Å². The average Bonchev–Trinajstić information content (AvgIpc) is 3.81. The molecule has 0 amide bonds. The zero-order chi connectivity index (χ0) is 42.8. The summed E-state index contributed by atoms with van der Waals surface area (Å²) < 4.78 is 54.0. The molecule has 0 aromatic heterocycles. The molecule has 10 nitrogen and oxygen atoms in total. The number of hydrogen-bond donors (Lipinski definition) is 0. The first-order chi connectivity index (χ1) is 28.7. The molecule has 0 aliphatic carbocycles. The fraction of sp³-hybridized carbons (Fsp3) is 0.810. The lowest BCUT2D eigenvalue weighted by Crippen LogP contribution is -2.61. The van der Waals surface area contributed by atoms with E-state index in [9.17, 15) is 9.59 Å². The lowest BCUT2D eigenvalue weighted by atomic mass is 9.78. The summed E-state index contributed by atoms with van der Waals surface area (Å²) in [5, 5.41) is 0. The number of carbonyl (C=O) groups is 2. The van der Waals surface area contributed by atoms with Gasteiger partial charge in [-0.15, -0.1) is 17.2 Å². The zero-order valence-electron chi connectivity index (χ0n) is 35.5. The van der Waals surface area contributed by atoms with Crippen LogP contribution in [0.1, 0.15) is 97.8 Å². The number of hydrogen-bond acceptors (Lipinski definition) is 10. The van der Waals surface area contributed by atoms with Crippen molar-refractivity contribution < 1.29 is 47.1 Å². The third kappa shape index (κ3) is 12.4. The number of ketones is 2. The van der Waals surface area contributed by atoms with Crippen molar-refractivity contribution in [2.24, 2.45) is 23.7 Å². The van der Waals surface area contributed by atoms with E-state index < -0.39 is 51.7 Å². The predicted molar refractivity (Wildman–Crippen MR) is 261 cm³/mol. The van der Waals surface area contributed by atoms with Gasteiger partial charge in [0.05, 0.1) is 70.0 Å². The van der Waals surface area contributed by atoms with Crippen LogP contribution in [0.15, 0.2) is 36.5 Å². The molecule has 0 radical (unpaired) electrons. The van der Waals surface area contributed by atoms with Gasteiger partial charge in [-0.3, -0.25) is 9.59 Å². The van der Waals surface area contributed by atoms with E-state index in [4.69, 9.17) is 37.5 Å². The van der Waals surface area contributed by atoms with Gasteiger partial charge in [0, 0.05) is 32.1 Å². The highest BCUT2D eigenvalue weighted by Gasteiger charge is 2.59. The molecule has 0 N–H and O–H groups in total. The second-order valence-corrected chi connectivity index (χ2v) is 32.2. The average molecular weight is 983 g/mol. The smallest absolute Gasteiger partial charge is 0.158 e. The minimum absolute atomic E-state index is 0.0583. The van der Waals surface area contributed by atoms with Gasteiger partial charge in [-0.25, -0.2) is 0 Å². The topological polar surface area (TPSA) is 108 Å². The normalized spacial score (nSPS) is 44.2. The van der Waals surface area contributed by atoms with Crippen molar-refractivity contribution >= 4 is 79.5 Å². The highest BCUT2D eigenvalue weighted by atomic mass is 32.4. The molecule has 0 saturated carbocycles. The Bertz CT molecular complexity index is 1560. The van der Waals surface area contributed by atoms with Gasteiger partial charge in [0.15, 0.2) is 5.78 Å². The van der Waals surface area contributed by atoms with E-state index >= 15 is 0 Å². The highest BCUT2D eigenvalue weighted by molar-refractivity contribution is 8.41. The van der Waals surface area contributed by atoms with Crippen LogP contribution in [0, 0.1) is 23.7 Å². The number of ether oxygens (including phenoxy) is 6. The van der Waals surface area contributed by atoms with Gasteiger partial charge in [-0.1, -0.05) is 75.7 Å². The minimum Gasteiger partial charge on any atom is -0.374 e. The van der Waals surface area contributed by atoms with Gasteiger partial charge in [0.25, 0.3) is 0 Å². The molecule has 24 atom stereocenters. The van der Waals surface area contributed by atoms with Crippen molar-refractivity contribution in [1.29, 1.82) is 0 Å². The van der Waals surface area contributed by atoms with Crippen LogP contribution in [0.4, 0.5) is 0 Å². The van der Waals surface area contributed by atoms with Crippen LogP contribution >= 0.6 is 68.0 Å². The molecule has 10 unspecified atom stereocenters. The number of rotatable bonds is 9. The lowest BCUT2D eigenvalue weighted by molar-refractivity contribution is -0.251. The summed E-state index contributed by atoms with van der Waals surface area (Å²) in [5.41, 5.74) is 2.17. The maximum atomic E-state index is 14.3. The van der Waals surface area contributed by atoms with Crippen molar-refractivity contribution in [3.05, 3.63) is 36.5 Å². The van der Waals surface area contributed by atoms with Crippen molar-refractivity contribution in [2.45, 2.75) is 183 Å². The standard InChI is InChI=1S/C42H70O10P8/c1-21(12-13-58-53)14-34-25(5)31-18-27(44)17-30-9-11-33-38(47-30)42(52-60(56)57)41-40(49-33)39(51-59(54)55)37(50-41)19-26(43)6-7-28-16-23(3)32(45-28)10-8-29-15-22(2)24(4)35(46-29)20-36(31)48-34/h6-7,21-22,25,28-42,58H,3-4,8-20,53-57H2,1-2,5H3/b7-6+/t21-,22-,25-,28+,29+,30-,31?,32?,33+,34-,35?,36+,37-,38+,39+,40+,41?,42+/m1/s1. The summed E-state index contributed by atoms with van der Waals surface area (Å²) in [5.74, 6) is 1.31. The monoisotopic (exact) mass is 982 g/mol. The van der Waals surface area contributed by atoms with E-state index in [-0.39, 0.29) is 78.7 Å². The fourth-order valence-electron chi connectivity index (χ4n) is 10.9. The number of Topliss-reactive ketones (excluding diaryl/α,β-unsaturated/α-hetero) is 1. The molecule has 0 spiro atoms. The Hall–Kier alpha value is 1.68. The maximum Gasteiger partial charge on any atom is 0.158 e. The Morgan fingerprint density at radius 3 is 2.25 bits per heavy atom. The third-order valence-electron chi connectivity index (χ3n) is 14.1. The molecule has 0 aromatic rings. The number of allylic oxidation sites excluding steroid dienone is 1. The van der Waals surface area contributed by atoms with Crippen molar-refractivity contribution in [2.75, 3.05) is 6.16 Å². The van der Waals surface area contributed by atoms with Gasteiger partial charge in [-0.2, -0.15) is 0 Å². The maximum absolute atomic E-state index is 14.3. The van der Waals surface area contributed by atoms with E-state index in [1.807, 2.05) is 6.08 Å². The van der Waals surface area contributed by atoms with Crippen LogP contribution < -0.4 is 0 Å². The van der Waals surface area contributed by atoms with E-state index in [2.05, 4.69) is 78.6 Å². The van der Waals surface area contributed by atoms with Crippen LogP contribution in [-0.4, -0.2) is 103 Å². The first kappa shape index (κ1) is 49.6. The molecule has 7 heterocycles. The molecule has 7 rings (SSSR count). The summed E-state index contributed by atoms with van der Waals surface area (Å²) in [6, 6.07) is 0. The Morgan fingerprint density at radius 1 is 0.783 bits per heavy atom. The van der Waals surface area contributed by atoms with Crippen LogP contribution in [0.2, 0.25) is 0 Å². The molecule has 6 saturated heterocycles. The number of fused-ring (bicyclic) bond motifs is 7. The summed E-state index contributed by atoms with van der Waals surface area (Å²) in [4.78, 5) is 27.9. The van der Waals surface area contributed by atoms with Crippen LogP contribution in [0.25, 0.3) is 0 Å². The molecule has 7 aliphatic rings. The second kappa shape index (κ2) is 22.7. The van der Waals surface area contributed by atoms with Crippen molar-refractivity contribution in [1.82, 2.24) is 0 Å². The molecular formula is C42H70O10P8. The lowest BCUT2D eigenvalue weighted by Gasteiger charge is -2.48. The minimum atomic E-state index is -0.962. The van der Waals surface area contributed by atoms with Crippen LogP contribution in [0.3, 0.4) is 0 Å². The Balaban J connectivity index is 1.15. The molecule has 18 heteroatoms. The van der Waals surface area contributed by atoms with Crippen LogP contribution in [0.5, 0.6) is 0 Å². The Kier molecular flexibility index (Phi) is 18.7. The SMILES string of the molecule is C=C1C[C@@H]2/C=C/C(=O)C[C@H]3OC4[C@@H](O[C@H]5CC[C@H](CC(=O)CC6[C@H](CC7O[C@@H](CCC1O2)C[C@@H](C)C7=C)O[C@H](C[C@H](C)CCPP)[C@@H]6C)O[C@@H]5[C@@H]4OP(P)P)[C@H]3OP(P)P. The fourth-order valence-corrected chi connectivity index (χ4v) is 14.8. The summed E-state index contributed by atoms with van der Waals surface area (Å²) in [6.07, 6.45) is 9.39. The Labute approximate surface area is 374 Å². The van der Waals surface area contributed by atoms with E-state index in [1.165, 1.54) is 12.6 Å². The molecule has 0 aromatic carbocycles. The number of carbonyl (C=O) groups excluding carboxylic acids is 2. The van der Waals surface area contributed by atoms with Gasteiger partial charge < -0.3 is 37.5 Å². The molecule has 6 fully saturated rings. The highest BCUT2D eigenvalue weighted by Crippen LogP contribution is 2.60. The molecule has 8 bridgehead atoms. The predicted octanol–water partition coefficient (Wildman–Crippen LogP) is 9.81. The second-order valence-electron chi connectivity index (χ2n) is 18.5.